The first-order valence-electron chi connectivity index (χ1n) is 18.8. The molecule has 6 rings (SSSR count). The first-order valence-corrected chi connectivity index (χ1v) is 13.8. The highest BCUT2D eigenvalue weighted by atomic mass is 16.2. The Balaban J connectivity index is 1.33. The minimum atomic E-state index is -0.727. The van der Waals surface area contributed by atoms with Gasteiger partial charge in [0.25, 0.3) is 5.91 Å². The summed E-state index contributed by atoms with van der Waals surface area (Å²) in [6.07, 6.45) is 4.23. The van der Waals surface area contributed by atoms with Crippen molar-refractivity contribution in [3.63, 3.8) is 0 Å². The fourth-order valence-corrected chi connectivity index (χ4v) is 6.37. The third-order valence-corrected chi connectivity index (χ3v) is 8.25. The molecule has 1 saturated heterocycles. The summed E-state index contributed by atoms with van der Waals surface area (Å²) in [5, 5.41) is 2.32. The maximum Gasteiger partial charge on any atom is 0.255 e. The number of piperidine rings is 1. The van der Waals surface area contributed by atoms with Crippen molar-refractivity contribution in [2.45, 2.75) is 76.7 Å². The quantitative estimate of drug-likeness (QED) is 0.393. The van der Waals surface area contributed by atoms with Crippen molar-refractivity contribution in [2.24, 2.45) is 5.92 Å². The van der Waals surface area contributed by atoms with Gasteiger partial charge in [0.15, 0.2) is 0 Å². The number of hydrogen-bond donors (Lipinski definition) is 1. The SMILES string of the molecule is [2H]c1c([2H])c([2H])c(CN(Cc2c([2H])c([2H])c([2H])c([2H])c2[2H])[C@H]2CCCC[C@@H]2Cc2ccc3c(c2)CN(C2CCC(=O)NC2=O)C3=O)c([2H])c1[2H]. The lowest BCUT2D eigenvalue weighted by Crippen LogP contribution is -2.52. The van der Waals surface area contributed by atoms with Crippen LogP contribution in [0.25, 0.3) is 0 Å². The van der Waals surface area contributed by atoms with Gasteiger partial charge in [-0.3, -0.25) is 24.6 Å². The van der Waals surface area contributed by atoms with E-state index >= 15 is 0 Å². The summed E-state index contributed by atoms with van der Waals surface area (Å²) < 4.78 is 83.4. The largest absolute Gasteiger partial charge is 0.322 e. The van der Waals surface area contributed by atoms with E-state index in [1.165, 1.54) is 4.90 Å². The minimum Gasteiger partial charge on any atom is -0.322 e. The molecule has 2 heterocycles. The lowest BCUT2D eigenvalue weighted by molar-refractivity contribution is -0.136. The van der Waals surface area contributed by atoms with Crippen molar-refractivity contribution in [2.75, 3.05) is 0 Å². The summed E-state index contributed by atoms with van der Waals surface area (Å²) in [6.45, 7) is 0.0384. The number of fused-ring (bicyclic) bond motifs is 1. The second-order valence-corrected chi connectivity index (χ2v) is 10.8. The number of amides is 3. The zero-order chi connectivity index (χ0) is 36.2. The van der Waals surface area contributed by atoms with Crippen LogP contribution in [-0.2, 0) is 35.6 Å². The second kappa shape index (κ2) is 11.8. The summed E-state index contributed by atoms with van der Waals surface area (Å²) in [5.41, 5.74) is 2.36. The molecule has 3 aromatic carbocycles. The van der Waals surface area contributed by atoms with E-state index in [4.69, 9.17) is 13.7 Å². The van der Waals surface area contributed by atoms with Gasteiger partial charge in [-0.05, 0) is 59.9 Å². The molecule has 3 aromatic rings. The van der Waals surface area contributed by atoms with Gasteiger partial charge in [0.1, 0.15) is 6.04 Å². The van der Waals surface area contributed by atoms with E-state index in [1.54, 1.807) is 6.07 Å². The number of imide groups is 1. The maximum atomic E-state index is 13.3. The normalized spacial score (nSPS) is 26.4. The zero-order valence-electron chi connectivity index (χ0n) is 32.2. The number of nitrogens with one attached hydrogen (secondary N) is 1. The van der Waals surface area contributed by atoms with Gasteiger partial charge in [0, 0.05) is 37.7 Å². The summed E-state index contributed by atoms with van der Waals surface area (Å²) in [4.78, 5) is 40.9. The van der Waals surface area contributed by atoms with Crippen LogP contribution in [-0.4, -0.2) is 39.6 Å². The second-order valence-electron chi connectivity index (χ2n) is 10.8. The van der Waals surface area contributed by atoms with Crippen LogP contribution < -0.4 is 5.32 Å². The van der Waals surface area contributed by atoms with Crippen LogP contribution in [0.5, 0.6) is 0 Å². The Morgan fingerprint density at radius 1 is 0.850 bits per heavy atom. The first-order chi connectivity index (χ1) is 23.7. The molecule has 6 heteroatoms. The van der Waals surface area contributed by atoms with Crippen molar-refractivity contribution in [1.82, 2.24) is 15.1 Å². The van der Waals surface area contributed by atoms with Crippen molar-refractivity contribution in [3.05, 3.63) is 106 Å². The van der Waals surface area contributed by atoms with E-state index in [9.17, 15) is 14.4 Å². The molecule has 2 fully saturated rings. The Bertz CT molecular complexity index is 1790. The molecule has 2 aliphatic heterocycles. The molecule has 1 saturated carbocycles. The topological polar surface area (TPSA) is 69.7 Å². The highest BCUT2D eigenvalue weighted by Crippen LogP contribution is 2.35. The molecular weight excluding hydrogens is 498 g/mol. The number of carbonyl (C=O) groups is 3. The van der Waals surface area contributed by atoms with Crippen LogP contribution in [0.4, 0.5) is 0 Å². The molecule has 1 N–H and O–H groups in total. The maximum absolute atomic E-state index is 13.3. The molecular formula is C34H37N3O3. The first kappa shape index (κ1) is 17.1. The predicted molar refractivity (Wildman–Crippen MR) is 154 cm³/mol. The number of rotatable bonds is 8. The average Bonchev–Trinajstić information content (AvgIpc) is 3.42. The molecule has 0 radical (unpaired) electrons. The fourth-order valence-electron chi connectivity index (χ4n) is 6.37. The molecule has 3 amide bonds. The lowest BCUT2D eigenvalue weighted by Gasteiger charge is -2.40. The number of carbonyl (C=O) groups excluding carboxylic acids is 3. The zero-order valence-corrected chi connectivity index (χ0v) is 22.2. The Morgan fingerprint density at radius 3 is 2.20 bits per heavy atom. The third kappa shape index (κ3) is 5.73. The molecule has 1 unspecified atom stereocenters. The molecule has 40 heavy (non-hydrogen) atoms. The highest BCUT2D eigenvalue weighted by molar-refractivity contribution is 6.05. The summed E-state index contributed by atoms with van der Waals surface area (Å²) >= 11 is 0. The minimum absolute atomic E-state index is 0.0142. The van der Waals surface area contributed by atoms with E-state index in [2.05, 4.69) is 5.32 Å². The Morgan fingerprint density at radius 2 is 1.52 bits per heavy atom. The summed E-state index contributed by atoms with van der Waals surface area (Å²) in [7, 11) is 0. The molecule has 206 valence electrons. The molecule has 6 nitrogen and oxygen atoms in total. The number of benzene rings is 3. The Hall–Kier alpha value is -3.77. The van der Waals surface area contributed by atoms with Crippen LogP contribution >= 0.6 is 0 Å². The molecule has 3 atom stereocenters. The van der Waals surface area contributed by atoms with Gasteiger partial charge in [-0.1, -0.05) is 85.4 Å². The van der Waals surface area contributed by atoms with Crippen molar-refractivity contribution in [1.29, 1.82) is 0 Å². The number of hydrogen-bond acceptors (Lipinski definition) is 4. The Labute approximate surface area is 250 Å². The van der Waals surface area contributed by atoms with Crippen molar-refractivity contribution >= 4 is 17.7 Å². The van der Waals surface area contributed by atoms with Crippen LogP contribution in [0, 0.1) is 5.92 Å². The molecule has 1 aliphatic carbocycles. The molecule has 0 spiro atoms. The van der Waals surface area contributed by atoms with Crippen molar-refractivity contribution < 1.29 is 28.1 Å². The lowest BCUT2D eigenvalue weighted by atomic mass is 9.79. The monoisotopic (exact) mass is 545 g/mol. The van der Waals surface area contributed by atoms with Gasteiger partial charge in [0.05, 0.1) is 13.7 Å². The summed E-state index contributed by atoms with van der Waals surface area (Å²) in [5.74, 6) is -1.11. The van der Waals surface area contributed by atoms with E-state index < -0.39 is 48.2 Å². The third-order valence-electron chi connectivity index (χ3n) is 8.25. The highest BCUT2D eigenvalue weighted by Gasteiger charge is 2.39. The number of nitrogens with zero attached hydrogens (tertiary/aromatic N) is 2. The molecule has 0 bridgehead atoms. The van der Waals surface area contributed by atoms with Gasteiger partial charge in [-0.25, -0.2) is 0 Å². The van der Waals surface area contributed by atoms with Gasteiger partial charge < -0.3 is 4.90 Å². The Kier molecular flexibility index (Phi) is 5.04. The average molecular weight is 546 g/mol. The predicted octanol–water partition coefficient (Wildman–Crippen LogP) is 5.25. The van der Waals surface area contributed by atoms with Gasteiger partial charge in [0.2, 0.25) is 11.8 Å². The standard InChI is InChI=1S/C34H37N3O3/c38-32-18-17-31(33(39)35-32)37-23-28-20-26(15-16-29(28)34(37)40)19-27-13-7-8-14-30(27)36(21-24-9-3-1-4-10-24)22-25-11-5-2-6-12-25/h1-6,9-12,15-16,20,27,30-31H,7-8,13-14,17-19,21-23H2,(H,35,38,39)/t27-,30+,31?/m1/s1/i1D,2D,3D,4D,5D,6D,9D,10D,11D,12D. The fraction of sp³-hybridized carbons (Fsp3) is 0.382. The molecule has 0 aromatic heterocycles. The van der Waals surface area contributed by atoms with E-state index in [-0.39, 0.29) is 91.5 Å². The van der Waals surface area contributed by atoms with Crippen LogP contribution in [0.1, 0.15) is 84.8 Å². The molecule has 3 aliphatic rings. The van der Waals surface area contributed by atoms with E-state index in [1.807, 2.05) is 17.0 Å². The van der Waals surface area contributed by atoms with Crippen LogP contribution in [0.2, 0.25) is 0 Å². The van der Waals surface area contributed by atoms with Gasteiger partial charge in [-0.15, -0.1) is 0 Å². The summed E-state index contributed by atoms with van der Waals surface area (Å²) in [6, 6.07) is 0.333. The van der Waals surface area contributed by atoms with Gasteiger partial charge in [-0.2, -0.15) is 0 Å². The van der Waals surface area contributed by atoms with Gasteiger partial charge >= 0.3 is 0 Å². The van der Waals surface area contributed by atoms with E-state index in [0.717, 1.165) is 30.4 Å². The van der Waals surface area contributed by atoms with Crippen molar-refractivity contribution in [3.8, 4) is 0 Å². The van der Waals surface area contributed by atoms with E-state index in [0.29, 0.717) is 18.4 Å². The van der Waals surface area contributed by atoms with Crippen LogP contribution in [0.15, 0.2) is 78.6 Å². The smallest absolute Gasteiger partial charge is 0.255 e. The van der Waals surface area contributed by atoms with Crippen LogP contribution in [0.3, 0.4) is 0 Å².